The maximum absolute atomic E-state index is 13.1. The van der Waals surface area contributed by atoms with Crippen LogP contribution < -0.4 is 5.32 Å². The number of hydrogen-bond donors (Lipinski definition) is 6. The van der Waals surface area contributed by atoms with Gasteiger partial charge in [0.15, 0.2) is 6.29 Å². The summed E-state index contributed by atoms with van der Waals surface area (Å²) in [6.07, 6.45) is 56.4. The molecule has 0 bridgehead atoms. The Bertz CT molecular complexity index is 1160. The molecule has 1 aliphatic heterocycles. The average Bonchev–Trinajstić information content (AvgIpc) is 3.34. The Morgan fingerprint density at radius 2 is 0.838 bits per heavy atom. The first-order valence-electron chi connectivity index (χ1n) is 29.2. The van der Waals surface area contributed by atoms with E-state index in [9.17, 15) is 30.3 Å². The van der Waals surface area contributed by atoms with Crippen LogP contribution in [0.4, 0.5) is 0 Å². The summed E-state index contributed by atoms with van der Waals surface area (Å²) in [5.74, 6) is -0.186. The lowest BCUT2D eigenvalue weighted by Crippen LogP contribution is -2.60. The van der Waals surface area contributed by atoms with Gasteiger partial charge < -0.3 is 40.3 Å². The van der Waals surface area contributed by atoms with Gasteiger partial charge >= 0.3 is 0 Å². The average molecular weight is 963 g/mol. The predicted molar refractivity (Wildman–Crippen MR) is 286 cm³/mol. The number of ether oxygens (including phenoxy) is 2. The zero-order valence-electron chi connectivity index (χ0n) is 44.4. The molecular formula is C59H111NO8. The lowest BCUT2D eigenvalue weighted by molar-refractivity contribution is -0.302. The molecule has 0 aromatic rings. The molecule has 1 aliphatic rings. The largest absolute Gasteiger partial charge is 0.394 e. The van der Waals surface area contributed by atoms with Gasteiger partial charge in [0.2, 0.25) is 5.91 Å². The number of aliphatic hydroxyl groups excluding tert-OH is 5. The molecule has 1 heterocycles. The molecule has 7 atom stereocenters. The number of aliphatic hydroxyl groups is 5. The van der Waals surface area contributed by atoms with Gasteiger partial charge in [-0.1, -0.05) is 262 Å². The quantitative estimate of drug-likeness (QED) is 0.0261. The van der Waals surface area contributed by atoms with Gasteiger partial charge in [-0.25, -0.2) is 0 Å². The van der Waals surface area contributed by atoms with Crippen LogP contribution in [0.2, 0.25) is 0 Å². The van der Waals surface area contributed by atoms with E-state index in [0.29, 0.717) is 6.42 Å². The summed E-state index contributed by atoms with van der Waals surface area (Å²) in [5, 5.41) is 54.5. The fraction of sp³-hybridized carbons (Fsp3) is 0.881. The number of rotatable bonds is 50. The zero-order chi connectivity index (χ0) is 49.4. The van der Waals surface area contributed by atoms with E-state index in [2.05, 4.69) is 43.5 Å². The molecule has 0 aromatic heterocycles. The standard InChI is InChI=1S/C59H111NO8/c1-3-5-7-9-11-13-15-17-19-21-23-25-27-28-30-32-34-36-38-40-42-44-46-48-53(62)52(51-67-59-58(66)57(65)56(64)54(50-61)68-59)60-55(63)49-47-45-43-41-39-37-35-33-31-29-26-24-22-20-18-16-14-12-10-8-6-4-2/h30,32,38,40,46,48,52-54,56-59,61-62,64-66H,3-29,31,33-37,39,41-45,47,49-51H2,1-2H3,(H,60,63)/b32-30+,40-38+,48-46+. The van der Waals surface area contributed by atoms with E-state index in [1.54, 1.807) is 6.08 Å². The Balaban J connectivity index is 2.26. The van der Waals surface area contributed by atoms with Crippen LogP contribution >= 0.6 is 0 Å². The summed E-state index contributed by atoms with van der Waals surface area (Å²) in [4.78, 5) is 13.1. The number of carbonyl (C=O) groups excluding carboxylic acids is 1. The fourth-order valence-corrected chi connectivity index (χ4v) is 9.31. The number of hydrogen-bond acceptors (Lipinski definition) is 8. The summed E-state index contributed by atoms with van der Waals surface area (Å²) in [7, 11) is 0. The van der Waals surface area contributed by atoms with Crippen molar-refractivity contribution in [2.45, 2.75) is 320 Å². The molecule has 0 spiro atoms. The Morgan fingerprint density at radius 3 is 1.24 bits per heavy atom. The first-order chi connectivity index (χ1) is 33.3. The van der Waals surface area contributed by atoms with Crippen molar-refractivity contribution in [3.05, 3.63) is 36.5 Å². The van der Waals surface area contributed by atoms with Crippen molar-refractivity contribution in [1.82, 2.24) is 5.32 Å². The minimum absolute atomic E-state index is 0.186. The number of nitrogens with one attached hydrogen (secondary N) is 1. The Kier molecular flexibility index (Phi) is 46.4. The summed E-state index contributed by atoms with van der Waals surface area (Å²) < 4.78 is 11.3. The molecule has 68 heavy (non-hydrogen) atoms. The first-order valence-corrected chi connectivity index (χ1v) is 29.2. The number of amides is 1. The van der Waals surface area contributed by atoms with Crippen molar-refractivity contribution < 1.29 is 39.8 Å². The molecule has 1 rings (SSSR count). The van der Waals surface area contributed by atoms with Gasteiger partial charge in [-0.3, -0.25) is 4.79 Å². The maximum Gasteiger partial charge on any atom is 0.220 e. The van der Waals surface area contributed by atoms with E-state index in [1.165, 1.54) is 212 Å². The zero-order valence-corrected chi connectivity index (χ0v) is 44.4. The van der Waals surface area contributed by atoms with Crippen molar-refractivity contribution in [2.24, 2.45) is 0 Å². The second-order valence-corrected chi connectivity index (χ2v) is 20.4. The van der Waals surface area contributed by atoms with Gasteiger partial charge in [0, 0.05) is 6.42 Å². The van der Waals surface area contributed by atoms with Gasteiger partial charge in [0.1, 0.15) is 24.4 Å². The molecular weight excluding hydrogens is 851 g/mol. The van der Waals surface area contributed by atoms with Crippen molar-refractivity contribution in [1.29, 1.82) is 0 Å². The van der Waals surface area contributed by atoms with E-state index < -0.39 is 49.5 Å². The number of unbranched alkanes of at least 4 members (excludes halogenated alkanes) is 36. The van der Waals surface area contributed by atoms with Crippen molar-refractivity contribution in [3.63, 3.8) is 0 Å². The smallest absolute Gasteiger partial charge is 0.220 e. The molecule has 1 amide bonds. The molecule has 0 saturated carbocycles. The topological polar surface area (TPSA) is 149 Å². The van der Waals surface area contributed by atoms with Crippen LogP contribution in [0.5, 0.6) is 0 Å². The van der Waals surface area contributed by atoms with E-state index in [-0.39, 0.29) is 12.5 Å². The number of carbonyl (C=O) groups is 1. The SMILES string of the molecule is CCCCCCCCCCCCCCC/C=C/CC/C=C/CC/C=C/C(O)C(COC1OC(CO)C(O)C(O)C1O)NC(=O)CCCCCCCCCCCCCCCCCCCCCCCC. The van der Waals surface area contributed by atoms with Crippen molar-refractivity contribution in [2.75, 3.05) is 13.2 Å². The molecule has 9 nitrogen and oxygen atoms in total. The summed E-state index contributed by atoms with van der Waals surface area (Å²) in [6.45, 7) is 3.79. The second-order valence-electron chi connectivity index (χ2n) is 20.4. The minimum atomic E-state index is -1.57. The molecule has 6 N–H and O–H groups in total. The van der Waals surface area contributed by atoms with Crippen LogP contribution in [0.15, 0.2) is 36.5 Å². The minimum Gasteiger partial charge on any atom is -0.394 e. The molecule has 9 heteroatoms. The predicted octanol–water partition coefficient (Wildman–Crippen LogP) is 14.4. The molecule has 400 valence electrons. The molecule has 1 fully saturated rings. The molecule has 0 radical (unpaired) electrons. The highest BCUT2D eigenvalue weighted by Gasteiger charge is 2.44. The van der Waals surface area contributed by atoms with Crippen LogP contribution in [0.1, 0.15) is 277 Å². The van der Waals surface area contributed by atoms with Crippen LogP contribution in [0.3, 0.4) is 0 Å². The van der Waals surface area contributed by atoms with Crippen molar-refractivity contribution >= 4 is 5.91 Å². The van der Waals surface area contributed by atoms with Crippen LogP contribution in [-0.2, 0) is 14.3 Å². The van der Waals surface area contributed by atoms with Gasteiger partial charge in [-0.05, 0) is 44.9 Å². The van der Waals surface area contributed by atoms with E-state index in [4.69, 9.17) is 9.47 Å². The third-order valence-electron chi connectivity index (χ3n) is 13.9. The normalized spacial score (nSPS) is 19.8. The highest BCUT2D eigenvalue weighted by molar-refractivity contribution is 5.76. The van der Waals surface area contributed by atoms with Gasteiger partial charge in [0.25, 0.3) is 0 Å². The summed E-state index contributed by atoms with van der Waals surface area (Å²) in [6, 6.07) is -0.826. The third kappa shape index (κ3) is 38.1. The first kappa shape index (κ1) is 64.4. The van der Waals surface area contributed by atoms with E-state index in [1.807, 2.05) is 6.08 Å². The maximum atomic E-state index is 13.1. The Morgan fingerprint density at radius 1 is 0.485 bits per heavy atom. The van der Waals surface area contributed by atoms with Crippen molar-refractivity contribution in [3.8, 4) is 0 Å². The van der Waals surface area contributed by atoms with Crippen LogP contribution in [0.25, 0.3) is 0 Å². The van der Waals surface area contributed by atoms with Crippen LogP contribution in [-0.4, -0.2) is 87.5 Å². The van der Waals surface area contributed by atoms with Gasteiger partial charge in [-0.2, -0.15) is 0 Å². The van der Waals surface area contributed by atoms with E-state index in [0.717, 1.165) is 44.9 Å². The number of allylic oxidation sites excluding steroid dienone is 5. The molecule has 7 unspecified atom stereocenters. The highest BCUT2D eigenvalue weighted by atomic mass is 16.7. The lowest BCUT2D eigenvalue weighted by atomic mass is 9.99. The highest BCUT2D eigenvalue weighted by Crippen LogP contribution is 2.23. The second kappa shape index (κ2) is 49.0. The summed E-state index contributed by atoms with van der Waals surface area (Å²) in [5.41, 5.74) is 0. The third-order valence-corrected chi connectivity index (χ3v) is 13.9. The van der Waals surface area contributed by atoms with E-state index >= 15 is 0 Å². The molecule has 1 saturated heterocycles. The molecule has 0 aromatic carbocycles. The lowest BCUT2D eigenvalue weighted by Gasteiger charge is -2.40. The molecule has 0 aliphatic carbocycles. The Hall–Kier alpha value is -1.59. The van der Waals surface area contributed by atoms with Gasteiger partial charge in [0.05, 0.1) is 25.4 Å². The Labute approximate surface area is 419 Å². The monoisotopic (exact) mass is 962 g/mol. The van der Waals surface area contributed by atoms with Crippen LogP contribution in [0, 0.1) is 0 Å². The summed E-state index contributed by atoms with van der Waals surface area (Å²) >= 11 is 0. The van der Waals surface area contributed by atoms with Gasteiger partial charge in [-0.15, -0.1) is 0 Å². The fourth-order valence-electron chi connectivity index (χ4n) is 9.31.